The van der Waals surface area contributed by atoms with Gasteiger partial charge in [0.25, 0.3) is 0 Å². The number of hydrogen-bond acceptors (Lipinski definition) is 4. The molecule has 1 aromatic rings. The van der Waals surface area contributed by atoms with Gasteiger partial charge in [-0.1, -0.05) is 13.8 Å². The number of aliphatic hydroxyl groups is 1. The largest absolute Gasteiger partial charge is 0.503 e. The van der Waals surface area contributed by atoms with Gasteiger partial charge < -0.3 is 14.8 Å². The number of nitrogens with zero attached hydrogens (tertiary/aromatic N) is 2. The molecule has 0 saturated carbocycles. The Kier molecular flexibility index (Phi) is 6.63. The van der Waals surface area contributed by atoms with Gasteiger partial charge in [-0.3, -0.25) is 9.69 Å². The predicted molar refractivity (Wildman–Crippen MR) is 89.1 cm³/mol. The van der Waals surface area contributed by atoms with Crippen molar-refractivity contribution in [3.8, 4) is 5.75 Å². The Balaban J connectivity index is 3.42. The number of pyridine rings is 1. The maximum absolute atomic E-state index is 12.0. The van der Waals surface area contributed by atoms with Crippen molar-refractivity contribution in [3.05, 3.63) is 27.7 Å². The fraction of sp³-hybridized carbons (Fsp3) is 0.706. The SMILES string of the molecule is CCCN(CCC)Cc1c(O)c(=O)cc(CO)n1C(C)(C)C. The van der Waals surface area contributed by atoms with Crippen LogP contribution in [0, 0.1) is 0 Å². The highest BCUT2D eigenvalue weighted by Crippen LogP contribution is 2.25. The zero-order valence-corrected chi connectivity index (χ0v) is 14.5. The summed E-state index contributed by atoms with van der Waals surface area (Å²) in [6.45, 7) is 12.4. The molecule has 0 fully saturated rings. The first kappa shape index (κ1) is 18.7. The van der Waals surface area contributed by atoms with Crippen molar-refractivity contribution in [2.24, 2.45) is 0 Å². The predicted octanol–water partition coefficient (Wildman–Crippen LogP) is 2.42. The molecule has 1 aromatic heterocycles. The van der Waals surface area contributed by atoms with Gasteiger partial charge in [-0.2, -0.15) is 0 Å². The average molecular weight is 310 g/mol. The quantitative estimate of drug-likeness (QED) is 0.812. The lowest BCUT2D eigenvalue weighted by Gasteiger charge is -2.32. The van der Waals surface area contributed by atoms with Gasteiger partial charge in [-0.25, -0.2) is 0 Å². The molecule has 1 heterocycles. The van der Waals surface area contributed by atoms with E-state index in [1.54, 1.807) is 0 Å². The zero-order chi connectivity index (χ0) is 16.9. The van der Waals surface area contributed by atoms with Crippen LogP contribution in [0.3, 0.4) is 0 Å². The highest BCUT2D eigenvalue weighted by atomic mass is 16.3. The lowest BCUT2D eigenvalue weighted by atomic mass is 10.0. The third-order valence-electron chi connectivity index (χ3n) is 3.65. The smallest absolute Gasteiger partial charge is 0.223 e. The summed E-state index contributed by atoms with van der Waals surface area (Å²) in [6, 6.07) is 1.33. The Morgan fingerprint density at radius 2 is 1.73 bits per heavy atom. The van der Waals surface area contributed by atoms with Gasteiger partial charge in [0.05, 0.1) is 12.3 Å². The van der Waals surface area contributed by atoms with Crippen molar-refractivity contribution in [3.63, 3.8) is 0 Å². The molecule has 0 atom stereocenters. The van der Waals surface area contributed by atoms with Crippen molar-refractivity contribution >= 4 is 0 Å². The van der Waals surface area contributed by atoms with Crippen molar-refractivity contribution < 1.29 is 10.2 Å². The minimum atomic E-state index is -0.424. The van der Waals surface area contributed by atoms with Crippen LogP contribution < -0.4 is 5.43 Å². The molecule has 0 spiro atoms. The van der Waals surface area contributed by atoms with E-state index in [2.05, 4.69) is 18.7 Å². The summed E-state index contributed by atoms with van der Waals surface area (Å²) in [5, 5.41) is 19.9. The van der Waals surface area contributed by atoms with E-state index < -0.39 is 5.43 Å². The number of aromatic nitrogens is 1. The summed E-state index contributed by atoms with van der Waals surface area (Å²) in [5.41, 5.74) is 0.375. The second kappa shape index (κ2) is 7.79. The van der Waals surface area contributed by atoms with Gasteiger partial charge in [0.2, 0.25) is 5.43 Å². The Hall–Kier alpha value is -1.33. The summed E-state index contributed by atoms with van der Waals surface area (Å²) in [6.07, 6.45) is 2.03. The Labute approximate surface area is 133 Å². The van der Waals surface area contributed by atoms with Gasteiger partial charge in [0.1, 0.15) is 0 Å². The van der Waals surface area contributed by atoms with E-state index in [-0.39, 0.29) is 17.9 Å². The maximum Gasteiger partial charge on any atom is 0.223 e. The van der Waals surface area contributed by atoms with Crippen LogP contribution in [0.15, 0.2) is 10.9 Å². The first-order valence-electron chi connectivity index (χ1n) is 8.06. The molecule has 2 N–H and O–H groups in total. The molecule has 0 unspecified atom stereocenters. The molecule has 1 rings (SSSR count). The fourth-order valence-electron chi connectivity index (χ4n) is 2.92. The monoisotopic (exact) mass is 310 g/mol. The molecule has 5 nitrogen and oxygen atoms in total. The van der Waals surface area contributed by atoms with E-state index in [0.717, 1.165) is 25.9 Å². The van der Waals surface area contributed by atoms with E-state index >= 15 is 0 Å². The molecule has 0 bridgehead atoms. The highest BCUT2D eigenvalue weighted by molar-refractivity contribution is 5.31. The van der Waals surface area contributed by atoms with Gasteiger partial charge in [-0.05, 0) is 46.7 Å². The molecular formula is C17H30N2O3. The third kappa shape index (κ3) is 4.34. The van der Waals surface area contributed by atoms with Crippen molar-refractivity contribution in [1.82, 2.24) is 9.47 Å². The first-order chi connectivity index (χ1) is 10.3. The molecule has 0 radical (unpaired) electrons. The minimum Gasteiger partial charge on any atom is -0.503 e. The van der Waals surface area contributed by atoms with Crippen LogP contribution in [0.25, 0.3) is 0 Å². The Morgan fingerprint density at radius 3 is 2.14 bits per heavy atom. The van der Waals surface area contributed by atoms with Crippen LogP contribution in [0.5, 0.6) is 5.75 Å². The molecule has 126 valence electrons. The number of aliphatic hydroxyl groups excluding tert-OH is 1. The standard InChI is InChI=1S/C17H30N2O3/c1-6-8-18(9-7-2)11-14-16(22)15(21)10-13(12-20)19(14)17(3,4)5/h10,20,22H,6-9,11-12H2,1-5H3. The summed E-state index contributed by atoms with van der Waals surface area (Å²) < 4.78 is 1.89. The van der Waals surface area contributed by atoms with Crippen LogP contribution >= 0.6 is 0 Å². The molecule has 0 aliphatic carbocycles. The molecule has 0 amide bonds. The number of hydrogen-bond donors (Lipinski definition) is 2. The summed E-state index contributed by atoms with van der Waals surface area (Å²) in [4.78, 5) is 14.2. The van der Waals surface area contributed by atoms with Gasteiger partial charge in [0.15, 0.2) is 5.75 Å². The van der Waals surface area contributed by atoms with E-state index in [0.29, 0.717) is 17.9 Å². The first-order valence-corrected chi connectivity index (χ1v) is 8.06. The highest BCUT2D eigenvalue weighted by Gasteiger charge is 2.24. The molecule has 22 heavy (non-hydrogen) atoms. The van der Waals surface area contributed by atoms with Crippen LogP contribution in [0.2, 0.25) is 0 Å². The van der Waals surface area contributed by atoms with Crippen LogP contribution in [0.4, 0.5) is 0 Å². The van der Waals surface area contributed by atoms with Gasteiger partial charge in [0, 0.05) is 23.8 Å². The van der Waals surface area contributed by atoms with E-state index in [4.69, 9.17) is 0 Å². The molecule has 0 aliphatic rings. The van der Waals surface area contributed by atoms with Crippen molar-refractivity contribution in [1.29, 1.82) is 0 Å². The summed E-state index contributed by atoms with van der Waals surface area (Å²) >= 11 is 0. The fourth-order valence-corrected chi connectivity index (χ4v) is 2.92. The van der Waals surface area contributed by atoms with Crippen molar-refractivity contribution in [2.45, 2.75) is 66.2 Å². The summed E-state index contributed by atoms with van der Waals surface area (Å²) in [5.74, 6) is -0.204. The third-order valence-corrected chi connectivity index (χ3v) is 3.65. The Morgan fingerprint density at radius 1 is 1.18 bits per heavy atom. The van der Waals surface area contributed by atoms with Crippen molar-refractivity contribution in [2.75, 3.05) is 13.1 Å². The molecule has 0 aliphatic heterocycles. The van der Waals surface area contributed by atoms with Crippen LogP contribution in [-0.4, -0.2) is 32.8 Å². The lowest BCUT2D eigenvalue weighted by Crippen LogP contribution is -2.34. The number of rotatable bonds is 7. The second-order valence-electron chi connectivity index (χ2n) is 6.74. The van der Waals surface area contributed by atoms with Gasteiger partial charge >= 0.3 is 0 Å². The van der Waals surface area contributed by atoms with Crippen LogP contribution in [0.1, 0.15) is 58.8 Å². The molecule has 5 heteroatoms. The van der Waals surface area contributed by atoms with E-state index in [9.17, 15) is 15.0 Å². The molecule has 0 saturated heterocycles. The second-order valence-corrected chi connectivity index (χ2v) is 6.74. The molecular weight excluding hydrogens is 280 g/mol. The Bertz CT molecular complexity index is 538. The topological polar surface area (TPSA) is 65.7 Å². The minimum absolute atomic E-state index is 0.204. The average Bonchev–Trinajstić information content (AvgIpc) is 2.42. The lowest BCUT2D eigenvalue weighted by molar-refractivity contribution is 0.223. The van der Waals surface area contributed by atoms with E-state index in [1.165, 1.54) is 6.07 Å². The number of aromatic hydroxyl groups is 1. The van der Waals surface area contributed by atoms with E-state index in [1.807, 2.05) is 25.3 Å². The summed E-state index contributed by atoms with van der Waals surface area (Å²) in [7, 11) is 0. The molecule has 0 aromatic carbocycles. The van der Waals surface area contributed by atoms with Crippen LogP contribution in [-0.2, 0) is 18.7 Å². The maximum atomic E-state index is 12.0. The zero-order valence-electron chi connectivity index (χ0n) is 14.5. The normalized spacial score (nSPS) is 12.1. The van der Waals surface area contributed by atoms with Gasteiger partial charge in [-0.15, -0.1) is 0 Å².